The summed E-state index contributed by atoms with van der Waals surface area (Å²) < 4.78 is 19.8. The summed E-state index contributed by atoms with van der Waals surface area (Å²) in [6.07, 6.45) is 0.581. The van der Waals surface area contributed by atoms with Crippen LogP contribution in [-0.4, -0.2) is 6.61 Å². The van der Waals surface area contributed by atoms with E-state index in [1.54, 1.807) is 18.2 Å². The fourth-order valence-corrected chi connectivity index (χ4v) is 2.47. The second-order valence-corrected chi connectivity index (χ2v) is 4.73. The molecule has 2 aromatic carbocycles. The molecule has 20 heavy (non-hydrogen) atoms. The van der Waals surface area contributed by atoms with Gasteiger partial charge >= 0.3 is 0 Å². The van der Waals surface area contributed by atoms with Gasteiger partial charge < -0.3 is 10.5 Å². The van der Waals surface area contributed by atoms with E-state index in [1.807, 2.05) is 38.1 Å². The molecule has 0 aliphatic heterocycles. The zero-order valence-electron chi connectivity index (χ0n) is 11.9. The zero-order chi connectivity index (χ0) is 14.6. The Morgan fingerprint density at radius 3 is 2.20 bits per heavy atom. The summed E-state index contributed by atoms with van der Waals surface area (Å²) in [4.78, 5) is 0. The number of halogens is 1. The van der Waals surface area contributed by atoms with Gasteiger partial charge in [-0.15, -0.1) is 0 Å². The van der Waals surface area contributed by atoms with Gasteiger partial charge in [-0.05, 0) is 25.5 Å². The van der Waals surface area contributed by atoms with Crippen molar-refractivity contribution in [1.82, 2.24) is 0 Å². The molecular formula is C17H20FNO. The van der Waals surface area contributed by atoms with Crippen molar-refractivity contribution in [3.63, 3.8) is 0 Å². The first kappa shape index (κ1) is 14.5. The summed E-state index contributed by atoms with van der Waals surface area (Å²) in [7, 11) is 0. The maximum Gasteiger partial charge on any atom is 0.128 e. The Hall–Kier alpha value is -1.87. The second kappa shape index (κ2) is 6.06. The molecule has 2 rings (SSSR count). The highest BCUT2D eigenvalue weighted by molar-refractivity contribution is 5.46. The first-order chi connectivity index (χ1) is 9.63. The molecule has 2 N–H and O–H groups in total. The van der Waals surface area contributed by atoms with Gasteiger partial charge in [-0.2, -0.15) is 0 Å². The summed E-state index contributed by atoms with van der Waals surface area (Å²) in [5.41, 5.74) is 6.97. The number of benzene rings is 2. The Morgan fingerprint density at radius 2 is 1.60 bits per heavy atom. The molecule has 106 valence electrons. The van der Waals surface area contributed by atoms with Crippen molar-refractivity contribution >= 4 is 0 Å². The van der Waals surface area contributed by atoms with Crippen molar-refractivity contribution in [3.05, 3.63) is 65.5 Å². The molecule has 0 aromatic heterocycles. The Morgan fingerprint density at radius 1 is 1.00 bits per heavy atom. The average Bonchev–Trinajstić information content (AvgIpc) is 2.48. The first-order valence-electron chi connectivity index (χ1n) is 6.89. The smallest absolute Gasteiger partial charge is 0.128 e. The van der Waals surface area contributed by atoms with E-state index in [9.17, 15) is 4.39 Å². The van der Waals surface area contributed by atoms with Crippen LogP contribution in [0.2, 0.25) is 0 Å². The number of rotatable bonds is 5. The van der Waals surface area contributed by atoms with E-state index in [1.165, 1.54) is 6.07 Å². The van der Waals surface area contributed by atoms with Crippen molar-refractivity contribution in [2.45, 2.75) is 25.8 Å². The second-order valence-electron chi connectivity index (χ2n) is 4.73. The highest BCUT2D eigenvalue weighted by Gasteiger charge is 2.32. The maximum atomic E-state index is 14.2. The molecule has 0 fully saturated rings. The number of ether oxygens (including phenoxy) is 1. The number of hydrogen-bond donors (Lipinski definition) is 1. The minimum Gasteiger partial charge on any atom is -0.494 e. The number of nitrogens with two attached hydrogens (primary N) is 1. The van der Waals surface area contributed by atoms with Gasteiger partial charge in [0.15, 0.2) is 0 Å². The van der Waals surface area contributed by atoms with Crippen molar-refractivity contribution in [2.75, 3.05) is 6.61 Å². The van der Waals surface area contributed by atoms with E-state index in [4.69, 9.17) is 10.5 Å². The van der Waals surface area contributed by atoms with Crippen LogP contribution >= 0.6 is 0 Å². The molecule has 0 amide bonds. The first-order valence-corrected chi connectivity index (χ1v) is 6.89. The van der Waals surface area contributed by atoms with E-state index in [0.717, 1.165) is 5.56 Å². The fourth-order valence-electron chi connectivity index (χ4n) is 2.47. The summed E-state index contributed by atoms with van der Waals surface area (Å²) in [6, 6.07) is 14.2. The van der Waals surface area contributed by atoms with Crippen LogP contribution in [-0.2, 0) is 5.54 Å². The highest BCUT2D eigenvalue weighted by Crippen LogP contribution is 2.37. The van der Waals surface area contributed by atoms with Crippen LogP contribution in [0.5, 0.6) is 5.75 Å². The minimum absolute atomic E-state index is 0.289. The van der Waals surface area contributed by atoms with Gasteiger partial charge in [-0.1, -0.05) is 43.3 Å². The molecular weight excluding hydrogens is 253 g/mol. The quantitative estimate of drug-likeness (QED) is 0.898. The summed E-state index contributed by atoms with van der Waals surface area (Å²) in [5, 5.41) is 0. The predicted molar refractivity (Wildman–Crippen MR) is 79.3 cm³/mol. The van der Waals surface area contributed by atoms with Gasteiger partial charge in [0, 0.05) is 11.1 Å². The van der Waals surface area contributed by atoms with Crippen LogP contribution in [0.25, 0.3) is 0 Å². The zero-order valence-corrected chi connectivity index (χ0v) is 11.9. The normalized spacial score (nSPS) is 13.8. The van der Waals surface area contributed by atoms with Crippen LogP contribution < -0.4 is 10.5 Å². The fraction of sp³-hybridized carbons (Fsp3) is 0.294. The van der Waals surface area contributed by atoms with Crippen LogP contribution in [0.1, 0.15) is 31.4 Å². The van der Waals surface area contributed by atoms with E-state index < -0.39 is 5.54 Å². The summed E-state index contributed by atoms with van der Waals surface area (Å²) >= 11 is 0. The topological polar surface area (TPSA) is 35.2 Å². The third-order valence-corrected chi connectivity index (χ3v) is 3.58. The third-order valence-electron chi connectivity index (χ3n) is 3.58. The lowest BCUT2D eigenvalue weighted by Gasteiger charge is -2.31. The van der Waals surface area contributed by atoms with E-state index in [0.29, 0.717) is 24.3 Å². The molecule has 0 bridgehead atoms. The molecule has 0 radical (unpaired) electrons. The van der Waals surface area contributed by atoms with E-state index in [-0.39, 0.29) is 5.82 Å². The predicted octanol–water partition coefficient (Wildman–Crippen LogP) is 3.84. The minimum atomic E-state index is -0.892. The van der Waals surface area contributed by atoms with Crippen molar-refractivity contribution < 1.29 is 9.13 Å². The van der Waals surface area contributed by atoms with Crippen LogP contribution in [0.4, 0.5) is 4.39 Å². The molecule has 0 spiro atoms. The van der Waals surface area contributed by atoms with Gasteiger partial charge in [0.1, 0.15) is 11.6 Å². The molecule has 0 aliphatic carbocycles. The molecule has 0 heterocycles. The van der Waals surface area contributed by atoms with Crippen molar-refractivity contribution in [3.8, 4) is 5.75 Å². The monoisotopic (exact) mass is 273 g/mol. The van der Waals surface area contributed by atoms with E-state index >= 15 is 0 Å². The molecule has 2 aromatic rings. The Balaban J connectivity index is 2.59. The van der Waals surface area contributed by atoms with Crippen LogP contribution in [0, 0.1) is 5.82 Å². The summed E-state index contributed by atoms with van der Waals surface area (Å²) in [5.74, 6) is 0.422. The molecule has 2 nitrogen and oxygen atoms in total. The molecule has 0 saturated heterocycles. The van der Waals surface area contributed by atoms with Gasteiger partial charge in [-0.25, -0.2) is 4.39 Å². The van der Waals surface area contributed by atoms with Gasteiger partial charge in [0.2, 0.25) is 0 Å². The standard InChI is InChI=1S/C17H20FNO/c1-3-17(19,13-9-5-7-11-15(13)18)14-10-6-8-12-16(14)20-4-2/h5-12H,3-4,19H2,1-2H3. The summed E-state index contributed by atoms with van der Waals surface area (Å²) in [6.45, 7) is 4.42. The molecule has 1 atom stereocenters. The van der Waals surface area contributed by atoms with E-state index in [2.05, 4.69) is 0 Å². The molecule has 1 unspecified atom stereocenters. The van der Waals surface area contributed by atoms with Gasteiger partial charge in [0.05, 0.1) is 12.1 Å². The lowest BCUT2D eigenvalue weighted by atomic mass is 9.81. The average molecular weight is 273 g/mol. The lowest BCUT2D eigenvalue weighted by Crippen LogP contribution is -2.38. The SMILES string of the molecule is CCOc1ccccc1C(N)(CC)c1ccccc1F. The molecule has 0 saturated carbocycles. The lowest BCUT2D eigenvalue weighted by molar-refractivity contribution is 0.326. The Bertz CT molecular complexity index is 585. The van der Waals surface area contributed by atoms with Crippen molar-refractivity contribution in [2.24, 2.45) is 5.73 Å². The number of para-hydroxylation sites is 1. The van der Waals surface area contributed by atoms with Gasteiger partial charge in [0.25, 0.3) is 0 Å². The number of hydrogen-bond acceptors (Lipinski definition) is 2. The largest absolute Gasteiger partial charge is 0.494 e. The molecule has 3 heteroatoms. The van der Waals surface area contributed by atoms with Crippen molar-refractivity contribution in [1.29, 1.82) is 0 Å². The molecule has 0 aliphatic rings. The van der Waals surface area contributed by atoms with Crippen LogP contribution in [0.15, 0.2) is 48.5 Å². The van der Waals surface area contributed by atoms with Crippen LogP contribution in [0.3, 0.4) is 0 Å². The highest BCUT2D eigenvalue weighted by atomic mass is 19.1. The Kier molecular flexibility index (Phi) is 4.40. The third kappa shape index (κ3) is 2.54. The Labute approximate surface area is 119 Å². The maximum absolute atomic E-state index is 14.2. The van der Waals surface area contributed by atoms with Gasteiger partial charge in [-0.3, -0.25) is 0 Å².